The second-order valence-corrected chi connectivity index (χ2v) is 7.48. The molecule has 5 rings (SSSR count). The average Bonchev–Trinajstić information content (AvgIpc) is 3.23. The van der Waals surface area contributed by atoms with Crippen molar-refractivity contribution in [3.8, 4) is 28.5 Å². The molecule has 1 aliphatic heterocycles. The molecule has 8 nitrogen and oxygen atoms in total. The molecule has 3 aromatic heterocycles. The quantitative estimate of drug-likeness (QED) is 0.541. The van der Waals surface area contributed by atoms with Gasteiger partial charge in [0.25, 0.3) is 0 Å². The Morgan fingerprint density at radius 1 is 1.07 bits per heavy atom. The Kier molecular flexibility index (Phi) is 4.76. The molecule has 4 heterocycles. The third kappa shape index (κ3) is 3.46. The van der Waals surface area contributed by atoms with Gasteiger partial charge in [-0.1, -0.05) is 12.1 Å². The molecule has 0 saturated carbocycles. The molecule has 8 heteroatoms. The van der Waals surface area contributed by atoms with Gasteiger partial charge in [0.15, 0.2) is 0 Å². The molecule has 1 saturated heterocycles. The SMILES string of the molecule is COc1cccc(-c2ccc3[nH]nc(-c4cncc(N5CCC(N)CC5)n4)c3c2)n1. The third-order valence-electron chi connectivity index (χ3n) is 5.52. The van der Waals surface area contributed by atoms with Crippen molar-refractivity contribution < 1.29 is 4.74 Å². The van der Waals surface area contributed by atoms with Crippen LogP contribution in [0.15, 0.2) is 48.8 Å². The minimum absolute atomic E-state index is 0.274. The Balaban J connectivity index is 1.52. The molecular formula is C22H23N7O. The van der Waals surface area contributed by atoms with Crippen molar-refractivity contribution in [3.05, 3.63) is 48.8 Å². The number of rotatable bonds is 4. The monoisotopic (exact) mass is 401 g/mol. The Morgan fingerprint density at radius 2 is 1.93 bits per heavy atom. The number of hydrogen-bond acceptors (Lipinski definition) is 7. The molecule has 1 aromatic carbocycles. The van der Waals surface area contributed by atoms with Crippen LogP contribution in [0.1, 0.15) is 12.8 Å². The topological polar surface area (TPSA) is 106 Å². The largest absolute Gasteiger partial charge is 0.481 e. The molecule has 152 valence electrons. The van der Waals surface area contributed by atoms with E-state index in [1.165, 1.54) is 0 Å². The number of methoxy groups -OCH3 is 1. The third-order valence-corrected chi connectivity index (χ3v) is 5.52. The van der Waals surface area contributed by atoms with Gasteiger partial charge in [-0.2, -0.15) is 5.10 Å². The summed E-state index contributed by atoms with van der Waals surface area (Å²) < 4.78 is 5.26. The summed E-state index contributed by atoms with van der Waals surface area (Å²) in [6.45, 7) is 1.79. The summed E-state index contributed by atoms with van der Waals surface area (Å²) in [4.78, 5) is 16.1. The number of aromatic nitrogens is 5. The summed E-state index contributed by atoms with van der Waals surface area (Å²) in [5.74, 6) is 1.45. The van der Waals surface area contributed by atoms with Gasteiger partial charge in [0, 0.05) is 36.1 Å². The maximum Gasteiger partial charge on any atom is 0.213 e. The molecule has 1 aliphatic rings. The fraction of sp³-hybridized carbons (Fsp3) is 0.273. The Bertz CT molecular complexity index is 1180. The van der Waals surface area contributed by atoms with E-state index in [9.17, 15) is 0 Å². The van der Waals surface area contributed by atoms with E-state index in [2.05, 4.69) is 31.1 Å². The highest BCUT2D eigenvalue weighted by Gasteiger charge is 2.19. The summed E-state index contributed by atoms with van der Waals surface area (Å²) in [6.07, 6.45) is 5.49. The van der Waals surface area contributed by atoms with Gasteiger partial charge in [0.2, 0.25) is 5.88 Å². The number of piperidine rings is 1. The second-order valence-electron chi connectivity index (χ2n) is 7.48. The van der Waals surface area contributed by atoms with E-state index in [0.29, 0.717) is 5.88 Å². The molecule has 0 amide bonds. The van der Waals surface area contributed by atoms with Gasteiger partial charge >= 0.3 is 0 Å². The molecule has 0 bridgehead atoms. The number of fused-ring (bicyclic) bond motifs is 1. The van der Waals surface area contributed by atoms with Crippen LogP contribution in [0.4, 0.5) is 5.82 Å². The number of H-pyrrole nitrogens is 1. The maximum absolute atomic E-state index is 6.03. The molecular weight excluding hydrogens is 378 g/mol. The van der Waals surface area contributed by atoms with Crippen LogP contribution < -0.4 is 15.4 Å². The van der Waals surface area contributed by atoms with Crippen LogP contribution >= 0.6 is 0 Å². The minimum Gasteiger partial charge on any atom is -0.481 e. The number of benzene rings is 1. The zero-order chi connectivity index (χ0) is 20.5. The van der Waals surface area contributed by atoms with E-state index in [1.54, 1.807) is 19.5 Å². The van der Waals surface area contributed by atoms with Gasteiger partial charge in [-0.25, -0.2) is 9.97 Å². The molecule has 0 aliphatic carbocycles. The van der Waals surface area contributed by atoms with E-state index < -0.39 is 0 Å². The highest BCUT2D eigenvalue weighted by atomic mass is 16.5. The highest BCUT2D eigenvalue weighted by Crippen LogP contribution is 2.30. The molecule has 1 fully saturated rings. The van der Waals surface area contributed by atoms with Gasteiger partial charge in [-0.15, -0.1) is 0 Å². The second kappa shape index (κ2) is 7.72. The number of nitrogens with one attached hydrogen (secondary N) is 1. The molecule has 0 unspecified atom stereocenters. The van der Waals surface area contributed by atoms with Crippen molar-refractivity contribution in [2.45, 2.75) is 18.9 Å². The first-order valence-electron chi connectivity index (χ1n) is 10.0. The number of hydrogen-bond donors (Lipinski definition) is 2. The van der Waals surface area contributed by atoms with Crippen LogP contribution in [0.5, 0.6) is 5.88 Å². The number of nitrogens with two attached hydrogens (primary N) is 1. The predicted octanol–water partition coefficient (Wildman–Crippen LogP) is 3.02. The van der Waals surface area contributed by atoms with Crippen LogP contribution in [0.3, 0.4) is 0 Å². The van der Waals surface area contributed by atoms with Crippen LogP contribution in [0.2, 0.25) is 0 Å². The average molecular weight is 401 g/mol. The smallest absolute Gasteiger partial charge is 0.213 e. The summed E-state index contributed by atoms with van der Waals surface area (Å²) in [5, 5.41) is 8.60. The van der Waals surface area contributed by atoms with Gasteiger partial charge in [0.1, 0.15) is 17.2 Å². The highest BCUT2D eigenvalue weighted by molar-refractivity contribution is 5.94. The summed E-state index contributed by atoms with van der Waals surface area (Å²) in [7, 11) is 1.62. The van der Waals surface area contributed by atoms with Crippen LogP contribution in [-0.4, -0.2) is 51.4 Å². The fourth-order valence-electron chi connectivity index (χ4n) is 3.81. The van der Waals surface area contributed by atoms with Crippen molar-refractivity contribution in [2.24, 2.45) is 5.73 Å². The molecule has 3 N–H and O–H groups in total. The number of pyridine rings is 1. The molecule has 4 aromatic rings. The Hall–Kier alpha value is -3.52. The molecule has 0 spiro atoms. The first-order valence-corrected chi connectivity index (χ1v) is 10.0. The van der Waals surface area contributed by atoms with E-state index >= 15 is 0 Å². The molecule has 30 heavy (non-hydrogen) atoms. The number of anilines is 1. The van der Waals surface area contributed by atoms with E-state index in [-0.39, 0.29) is 6.04 Å². The van der Waals surface area contributed by atoms with E-state index in [1.807, 2.05) is 30.3 Å². The van der Waals surface area contributed by atoms with Crippen LogP contribution in [0, 0.1) is 0 Å². The predicted molar refractivity (Wildman–Crippen MR) is 116 cm³/mol. The van der Waals surface area contributed by atoms with Crippen LogP contribution in [-0.2, 0) is 0 Å². The van der Waals surface area contributed by atoms with Crippen molar-refractivity contribution in [1.29, 1.82) is 0 Å². The summed E-state index contributed by atoms with van der Waals surface area (Å²) >= 11 is 0. The van der Waals surface area contributed by atoms with Crippen LogP contribution in [0.25, 0.3) is 33.5 Å². The number of ether oxygens (including phenoxy) is 1. The van der Waals surface area contributed by atoms with E-state index in [0.717, 1.165) is 65.3 Å². The minimum atomic E-state index is 0.274. The Morgan fingerprint density at radius 3 is 2.77 bits per heavy atom. The Labute approximate surface area is 174 Å². The van der Waals surface area contributed by atoms with Crippen molar-refractivity contribution in [3.63, 3.8) is 0 Å². The van der Waals surface area contributed by atoms with E-state index in [4.69, 9.17) is 15.5 Å². The lowest BCUT2D eigenvalue weighted by Crippen LogP contribution is -2.40. The number of nitrogens with zero attached hydrogens (tertiary/aromatic N) is 5. The molecule has 0 radical (unpaired) electrons. The lowest BCUT2D eigenvalue weighted by Gasteiger charge is -2.30. The van der Waals surface area contributed by atoms with Crippen molar-refractivity contribution in [1.82, 2.24) is 25.1 Å². The normalized spacial score (nSPS) is 14.9. The maximum atomic E-state index is 6.03. The molecule has 0 atom stereocenters. The van der Waals surface area contributed by atoms with Gasteiger partial charge in [-0.3, -0.25) is 10.1 Å². The van der Waals surface area contributed by atoms with Gasteiger partial charge in [0.05, 0.1) is 30.7 Å². The first-order chi connectivity index (χ1) is 14.7. The number of aromatic amines is 1. The fourth-order valence-corrected chi connectivity index (χ4v) is 3.81. The summed E-state index contributed by atoms with van der Waals surface area (Å²) in [6, 6.07) is 12.1. The lowest BCUT2D eigenvalue weighted by atomic mass is 10.1. The van der Waals surface area contributed by atoms with Crippen molar-refractivity contribution in [2.75, 3.05) is 25.1 Å². The lowest BCUT2D eigenvalue weighted by molar-refractivity contribution is 0.398. The van der Waals surface area contributed by atoms with Gasteiger partial charge < -0.3 is 15.4 Å². The zero-order valence-corrected chi connectivity index (χ0v) is 16.7. The zero-order valence-electron chi connectivity index (χ0n) is 16.7. The first kappa shape index (κ1) is 18.5. The van der Waals surface area contributed by atoms with Gasteiger partial charge in [-0.05, 0) is 31.0 Å². The standard InChI is InChI=1S/C22H23N7O/c1-30-21-4-2-3-17(26-21)14-5-6-18-16(11-14)22(28-27-18)19-12-24-13-20(25-19)29-9-7-15(23)8-10-29/h2-6,11-13,15H,7-10,23H2,1H3,(H,27,28). The summed E-state index contributed by atoms with van der Waals surface area (Å²) in [5.41, 5.74) is 10.3. The van der Waals surface area contributed by atoms with Crippen molar-refractivity contribution >= 4 is 16.7 Å².